The number of hydrogen-bond donors (Lipinski definition) is 4. The molecular weight excluding hydrogens is 370 g/mol. The first kappa shape index (κ1) is 20.3. The fourth-order valence-electron chi connectivity index (χ4n) is 2.66. The van der Waals surface area contributed by atoms with Crippen LogP contribution in [0.2, 0.25) is 0 Å². The van der Waals surface area contributed by atoms with Gasteiger partial charge in [-0.05, 0) is 26.8 Å². The fourth-order valence-corrected chi connectivity index (χ4v) is 2.66. The monoisotopic (exact) mass is 393 g/mol. The van der Waals surface area contributed by atoms with Crippen LogP contribution in [0.4, 0.5) is 17.3 Å². The molecule has 9 nitrogen and oxygen atoms in total. The lowest BCUT2D eigenvalue weighted by molar-refractivity contribution is 0.143. The standard InChI is InChI=1S/C20H23N7O2/c1-20(2,28)6-4-13-10-25-17(8-15(13)22-3)26-18-12-24-16(9-21)19(27-18)29-14-5-7-23-11-14/h8,10,12,14,23,28H,5,7,11H2,1-3H3,(H2,22,25,26,27)/t14-/m1/s1. The molecule has 0 unspecified atom stereocenters. The van der Waals surface area contributed by atoms with E-state index in [2.05, 4.69) is 42.7 Å². The number of anilines is 3. The van der Waals surface area contributed by atoms with E-state index in [1.54, 1.807) is 33.2 Å². The zero-order valence-electron chi connectivity index (χ0n) is 16.6. The summed E-state index contributed by atoms with van der Waals surface area (Å²) in [5.41, 5.74) is 0.451. The van der Waals surface area contributed by atoms with E-state index in [1.807, 2.05) is 6.07 Å². The average Bonchev–Trinajstić information content (AvgIpc) is 3.19. The first-order valence-electron chi connectivity index (χ1n) is 9.23. The van der Waals surface area contributed by atoms with Gasteiger partial charge in [0.05, 0.1) is 17.4 Å². The van der Waals surface area contributed by atoms with Crippen molar-refractivity contribution in [1.29, 1.82) is 5.26 Å². The molecule has 3 rings (SSSR count). The molecule has 1 fully saturated rings. The number of nitrogens with one attached hydrogen (secondary N) is 3. The van der Waals surface area contributed by atoms with Crippen molar-refractivity contribution in [3.8, 4) is 23.8 Å². The first-order valence-corrected chi connectivity index (χ1v) is 9.23. The number of aliphatic hydroxyl groups is 1. The highest BCUT2D eigenvalue weighted by molar-refractivity contribution is 5.65. The van der Waals surface area contributed by atoms with E-state index in [0.717, 1.165) is 18.7 Å². The summed E-state index contributed by atoms with van der Waals surface area (Å²) in [5.74, 6) is 6.82. The minimum atomic E-state index is -1.09. The maximum atomic E-state index is 9.78. The Morgan fingerprint density at radius 2 is 2.14 bits per heavy atom. The highest BCUT2D eigenvalue weighted by Crippen LogP contribution is 2.23. The molecule has 0 radical (unpaired) electrons. The zero-order chi connectivity index (χ0) is 20.9. The summed E-state index contributed by atoms with van der Waals surface area (Å²) in [6.07, 6.45) is 3.88. The molecule has 2 aromatic rings. The second-order valence-corrected chi connectivity index (χ2v) is 7.05. The summed E-state index contributed by atoms with van der Waals surface area (Å²) in [6, 6.07) is 3.78. The normalized spacial score (nSPS) is 15.8. The van der Waals surface area contributed by atoms with Crippen molar-refractivity contribution in [3.05, 3.63) is 29.7 Å². The van der Waals surface area contributed by atoms with Crippen molar-refractivity contribution >= 4 is 17.3 Å². The molecule has 150 valence electrons. The Labute approximate surface area is 169 Å². The Hall–Kier alpha value is -3.40. The Bertz CT molecular complexity index is 977. The van der Waals surface area contributed by atoms with Crippen LogP contribution >= 0.6 is 0 Å². The third-order valence-electron chi connectivity index (χ3n) is 4.07. The highest BCUT2D eigenvalue weighted by Gasteiger charge is 2.19. The molecule has 0 aromatic carbocycles. The van der Waals surface area contributed by atoms with E-state index < -0.39 is 5.60 Å². The largest absolute Gasteiger partial charge is 0.471 e. The van der Waals surface area contributed by atoms with Gasteiger partial charge in [-0.2, -0.15) is 10.2 Å². The van der Waals surface area contributed by atoms with Crippen LogP contribution in [-0.4, -0.2) is 51.9 Å². The quantitative estimate of drug-likeness (QED) is 0.557. The van der Waals surface area contributed by atoms with Crippen LogP contribution in [0.5, 0.6) is 5.88 Å². The molecule has 29 heavy (non-hydrogen) atoms. The van der Waals surface area contributed by atoms with Gasteiger partial charge in [-0.3, -0.25) is 0 Å². The van der Waals surface area contributed by atoms with Crippen LogP contribution in [0, 0.1) is 23.2 Å². The summed E-state index contributed by atoms with van der Waals surface area (Å²) in [7, 11) is 1.78. The molecular formula is C20H23N7O2. The van der Waals surface area contributed by atoms with Crippen LogP contribution in [-0.2, 0) is 0 Å². The van der Waals surface area contributed by atoms with Crippen LogP contribution < -0.4 is 20.7 Å². The summed E-state index contributed by atoms with van der Waals surface area (Å²) < 4.78 is 5.83. The van der Waals surface area contributed by atoms with Gasteiger partial charge >= 0.3 is 0 Å². The lowest BCUT2D eigenvalue weighted by atomic mass is 10.1. The minimum Gasteiger partial charge on any atom is -0.471 e. The van der Waals surface area contributed by atoms with Gasteiger partial charge in [-0.1, -0.05) is 11.8 Å². The van der Waals surface area contributed by atoms with Crippen molar-refractivity contribution < 1.29 is 9.84 Å². The Morgan fingerprint density at radius 1 is 1.31 bits per heavy atom. The predicted octanol–water partition coefficient (Wildman–Crippen LogP) is 1.39. The molecule has 0 bridgehead atoms. The molecule has 4 N–H and O–H groups in total. The van der Waals surface area contributed by atoms with Gasteiger partial charge in [0.1, 0.15) is 23.6 Å². The van der Waals surface area contributed by atoms with E-state index in [9.17, 15) is 10.4 Å². The van der Waals surface area contributed by atoms with E-state index in [4.69, 9.17) is 4.74 Å². The second-order valence-electron chi connectivity index (χ2n) is 7.05. The zero-order valence-corrected chi connectivity index (χ0v) is 16.6. The first-order chi connectivity index (χ1) is 13.9. The van der Waals surface area contributed by atoms with Gasteiger partial charge < -0.3 is 25.8 Å². The SMILES string of the molecule is CNc1cc(Nc2cnc(C#N)c(O[C@@H]3CCNC3)n2)ncc1C#CC(C)(C)O. The van der Waals surface area contributed by atoms with Gasteiger partial charge in [-0.15, -0.1) is 0 Å². The molecule has 1 aliphatic heterocycles. The fraction of sp³-hybridized carbons (Fsp3) is 0.400. The molecule has 1 atom stereocenters. The van der Waals surface area contributed by atoms with Gasteiger partial charge in [-0.25, -0.2) is 9.97 Å². The van der Waals surface area contributed by atoms with Gasteiger partial charge in [0.25, 0.3) is 5.88 Å². The topological polar surface area (TPSA) is 128 Å². The van der Waals surface area contributed by atoms with Crippen LogP contribution in [0.1, 0.15) is 31.5 Å². The summed E-state index contributed by atoms with van der Waals surface area (Å²) in [4.78, 5) is 12.8. The van der Waals surface area contributed by atoms with E-state index in [1.165, 1.54) is 6.20 Å². The van der Waals surface area contributed by atoms with Crippen LogP contribution in [0.15, 0.2) is 18.5 Å². The lowest BCUT2D eigenvalue weighted by Crippen LogP contribution is -2.21. The Kier molecular flexibility index (Phi) is 6.13. The molecule has 3 heterocycles. The van der Waals surface area contributed by atoms with Gasteiger partial charge in [0.2, 0.25) is 5.69 Å². The van der Waals surface area contributed by atoms with Gasteiger partial charge in [0, 0.05) is 25.9 Å². The minimum absolute atomic E-state index is 0.0331. The van der Waals surface area contributed by atoms with E-state index in [0.29, 0.717) is 23.7 Å². The van der Waals surface area contributed by atoms with E-state index in [-0.39, 0.29) is 17.7 Å². The van der Waals surface area contributed by atoms with Crippen molar-refractivity contribution in [2.75, 3.05) is 30.8 Å². The predicted molar refractivity (Wildman–Crippen MR) is 109 cm³/mol. The molecule has 0 spiro atoms. The molecule has 0 amide bonds. The molecule has 9 heteroatoms. The maximum Gasteiger partial charge on any atom is 0.253 e. The maximum absolute atomic E-state index is 9.78. The smallest absolute Gasteiger partial charge is 0.253 e. The number of hydrogen-bond acceptors (Lipinski definition) is 9. The summed E-state index contributed by atoms with van der Waals surface area (Å²) in [6.45, 7) is 4.82. The van der Waals surface area contributed by atoms with Crippen molar-refractivity contribution in [3.63, 3.8) is 0 Å². The molecule has 0 saturated carbocycles. The average molecular weight is 393 g/mol. The third-order valence-corrected chi connectivity index (χ3v) is 4.07. The molecule has 2 aromatic heterocycles. The number of aromatic nitrogens is 3. The molecule has 0 aliphatic carbocycles. The van der Waals surface area contributed by atoms with Crippen molar-refractivity contribution in [1.82, 2.24) is 20.3 Å². The summed E-state index contributed by atoms with van der Waals surface area (Å²) >= 11 is 0. The Balaban J connectivity index is 1.81. The van der Waals surface area contributed by atoms with Gasteiger partial charge in [0.15, 0.2) is 5.82 Å². The van der Waals surface area contributed by atoms with Crippen molar-refractivity contribution in [2.24, 2.45) is 0 Å². The Morgan fingerprint density at radius 3 is 2.79 bits per heavy atom. The van der Waals surface area contributed by atoms with Crippen molar-refractivity contribution in [2.45, 2.75) is 32.0 Å². The molecule has 1 aliphatic rings. The second kappa shape index (κ2) is 8.74. The number of ether oxygens (including phenoxy) is 1. The van der Waals surface area contributed by atoms with Crippen LogP contribution in [0.3, 0.4) is 0 Å². The van der Waals surface area contributed by atoms with Crippen LogP contribution in [0.25, 0.3) is 0 Å². The van der Waals surface area contributed by atoms with E-state index >= 15 is 0 Å². The highest BCUT2D eigenvalue weighted by atomic mass is 16.5. The summed E-state index contributed by atoms with van der Waals surface area (Å²) in [5, 5.41) is 28.4. The molecule has 1 saturated heterocycles. The lowest BCUT2D eigenvalue weighted by Gasteiger charge is -2.14. The number of nitrogens with zero attached hydrogens (tertiary/aromatic N) is 4. The third kappa shape index (κ3) is 5.55. The number of nitriles is 1. The number of pyridine rings is 1. The number of rotatable bonds is 5.